The molecule has 1 fully saturated rings. The molecular weight excluding hydrogens is 370 g/mol. The zero-order chi connectivity index (χ0) is 18.5. The second-order valence-corrected chi connectivity index (χ2v) is 7.46. The van der Waals surface area contributed by atoms with E-state index in [4.69, 9.17) is 16.3 Å². The number of amides is 1. The van der Waals surface area contributed by atoms with Gasteiger partial charge in [-0.15, -0.1) is 5.10 Å². The topological polar surface area (TPSA) is 54.3 Å². The van der Waals surface area contributed by atoms with Crippen molar-refractivity contribution in [3.63, 3.8) is 0 Å². The molecule has 1 amide bonds. The van der Waals surface area contributed by atoms with Crippen LogP contribution in [0, 0.1) is 0 Å². The second-order valence-electron chi connectivity index (χ2n) is 5.71. The Balaban J connectivity index is 1.75. The summed E-state index contributed by atoms with van der Waals surface area (Å²) in [6.45, 7) is 2.33. The Hall–Kier alpha value is -2.31. The Bertz CT molecular complexity index is 835. The summed E-state index contributed by atoms with van der Waals surface area (Å²) in [5, 5.41) is 9.48. The number of carbonyl (C=O) groups is 1. The lowest BCUT2D eigenvalue weighted by Crippen LogP contribution is -2.30. The monoisotopic (exact) mass is 387 g/mol. The maximum Gasteiger partial charge on any atom is 0.242 e. The zero-order valence-electron chi connectivity index (χ0n) is 14.4. The number of amidine groups is 1. The molecule has 0 spiro atoms. The standard InChI is InChI=1S/C19H18ClN3O2S/c1-13-18(24)23(12-15-5-9-17(25-2)10-6-15)19(26-13)22-21-11-14-3-7-16(20)8-4-14/h3-11,13H,12H2,1-2H3. The van der Waals surface area contributed by atoms with Crippen molar-refractivity contribution < 1.29 is 9.53 Å². The van der Waals surface area contributed by atoms with Gasteiger partial charge in [-0.1, -0.05) is 47.6 Å². The second kappa shape index (κ2) is 8.38. The number of carbonyl (C=O) groups excluding carboxylic acids is 1. The molecule has 1 saturated heterocycles. The SMILES string of the molecule is COc1ccc(CN2C(=O)C(C)SC2=NN=Cc2ccc(Cl)cc2)cc1. The number of thioether (sulfide) groups is 1. The number of rotatable bonds is 5. The quantitative estimate of drug-likeness (QED) is 0.570. The maximum absolute atomic E-state index is 12.4. The molecule has 1 aliphatic heterocycles. The molecular formula is C19H18ClN3O2S. The van der Waals surface area contributed by atoms with Crippen LogP contribution in [0.25, 0.3) is 0 Å². The molecule has 0 aromatic heterocycles. The summed E-state index contributed by atoms with van der Waals surface area (Å²) in [6, 6.07) is 14.9. The number of halogens is 1. The fourth-order valence-electron chi connectivity index (χ4n) is 2.42. The van der Waals surface area contributed by atoms with Gasteiger partial charge in [-0.25, -0.2) is 0 Å². The van der Waals surface area contributed by atoms with E-state index in [1.165, 1.54) is 11.8 Å². The molecule has 3 rings (SSSR count). The number of hydrogen-bond donors (Lipinski definition) is 0. The molecule has 0 bridgehead atoms. The maximum atomic E-state index is 12.4. The summed E-state index contributed by atoms with van der Waals surface area (Å²) in [7, 11) is 1.63. The summed E-state index contributed by atoms with van der Waals surface area (Å²) in [6.07, 6.45) is 1.64. The molecule has 5 nitrogen and oxygen atoms in total. The summed E-state index contributed by atoms with van der Waals surface area (Å²) in [5.74, 6) is 0.817. The third-order valence-electron chi connectivity index (χ3n) is 3.85. The van der Waals surface area contributed by atoms with Crippen molar-refractivity contribution in [1.29, 1.82) is 0 Å². The number of hydrogen-bond acceptors (Lipinski definition) is 5. The molecule has 1 unspecified atom stereocenters. The van der Waals surface area contributed by atoms with Gasteiger partial charge >= 0.3 is 0 Å². The van der Waals surface area contributed by atoms with Gasteiger partial charge in [-0.2, -0.15) is 5.10 Å². The van der Waals surface area contributed by atoms with Crippen molar-refractivity contribution in [3.05, 3.63) is 64.7 Å². The fourth-order valence-corrected chi connectivity index (χ4v) is 3.46. The van der Waals surface area contributed by atoms with Crippen LogP contribution in [0.3, 0.4) is 0 Å². The molecule has 0 saturated carbocycles. The van der Waals surface area contributed by atoms with Gasteiger partial charge in [0.1, 0.15) is 5.75 Å². The van der Waals surface area contributed by atoms with Gasteiger partial charge in [-0.05, 0) is 42.3 Å². The summed E-state index contributed by atoms with van der Waals surface area (Å²) in [4.78, 5) is 14.1. The van der Waals surface area contributed by atoms with Gasteiger partial charge in [-0.3, -0.25) is 9.69 Å². The number of methoxy groups -OCH3 is 1. The predicted octanol–water partition coefficient (Wildman–Crippen LogP) is 4.20. The molecule has 0 N–H and O–H groups in total. The fraction of sp³-hybridized carbons (Fsp3) is 0.211. The van der Waals surface area contributed by atoms with E-state index in [1.807, 2.05) is 43.3 Å². The highest BCUT2D eigenvalue weighted by atomic mass is 35.5. The number of benzene rings is 2. The molecule has 7 heteroatoms. The van der Waals surface area contributed by atoms with E-state index in [0.29, 0.717) is 16.7 Å². The first-order valence-electron chi connectivity index (χ1n) is 8.04. The molecule has 0 radical (unpaired) electrons. The van der Waals surface area contributed by atoms with Crippen LogP contribution >= 0.6 is 23.4 Å². The van der Waals surface area contributed by atoms with Crippen LogP contribution in [0.2, 0.25) is 5.02 Å². The molecule has 2 aromatic carbocycles. The summed E-state index contributed by atoms with van der Waals surface area (Å²) < 4.78 is 5.17. The first-order valence-corrected chi connectivity index (χ1v) is 9.30. The lowest BCUT2D eigenvalue weighted by Gasteiger charge is -2.15. The molecule has 2 aromatic rings. The minimum absolute atomic E-state index is 0.0336. The van der Waals surface area contributed by atoms with Gasteiger partial charge in [0.15, 0.2) is 5.17 Å². The normalized spacial score (nSPS) is 18.9. The molecule has 1 aliphatic rings. The molecule has 134 valence electrons. The molecule has 0 aliphatic carbocycles. The first kappa shape index (κ1) is 18.5. The Morgan fingerprint density at radius 2 is 1.88 bits per heavy atom. The minimum Gasteiger partial charge on any atom is -0.497 e. The van der Waals surface area contributed by atoms with E-state index in [1.54, 1.807) is 30.4 Å². The van der Waals surface area contributed by atoms with Crippen LogP contribution in [0.4, 0.5) is 0 Å². The minimum atomic E-state index is -0.169. The Morgan fingerprint density at radius 3 is 2.54 bits per heavy atom. The van der Waals surface area contributed by atoms with E-state index in [2.05, 4.69) is 10.2 Å². The van der Waals surface area contributed by atoms with Gasteiger partial charge in [0.05, 0.1) is 25.1 Å². The van der Waals surface area contributed by atoms with Crippen molar-refractivity contribution >= 4 is 40.7 Å². The third-order valence-corrected chi connectivity index (χ3v) is 5.17. The van der Waals surface area contributed by atoms with Crippen LogP contribution in [0.5, 0.6) is 5.75 Å². The lowest BCUT2D eigenvalue weighted by molar-refractivity contribution is -0.126. The largest absolute Gasteiger partial charge is 0.497 e. The highest BCUT2D eigenvalue weighted by Gasteiger charge is 2.35. The molecule has 26 heavy (non-hydrogen) atoms. The van der Waals surface area contributed by atoms with Crippen LogP contribution in [0.15, 0.2) is 58.7 Å². The van der Waals surface area contributed by atoms with Gasteiger partial charge < -0.3 is 4.74 Å². The van der Waals surface area contributed by atoms with E-state index in [9.17, 15) is 4.79 Å². The Kier molecular flexibility index (Phi) is 5.96. The van der Waals surface area contributed by atoms with Gasteiger partial charge in [0, 0.05) is 5.02 Å². The smallest absolute Gasteiger partial charge is 0.242 e. The highest BCUT2D eigenvalue weighted by Crippen LogP contribution is 2.28. The van der Waals surface area contributed by atoms with E-state index >= 15 is 0 Å². The molecule has 1 heterocycles. The van der Waals surface area contributed by atoms with E-state index in [-0.39, 0.29) is 11.2 Å². The lowest BCUT2D eigenvalue weighted by atomic mass is 10.2. The average Bonchev–Trinajstić information content (AvgIpc) is 2.92. The van der Waals surface area contributed by atoms with Gasteiger partial charge in [0.25, 0.3) is 0 Å². The van der Waals surface area contributed by atoms with Crippen LogP contribution in [-0.4, -0.2) is 34.5 Å². The van der Waals surface area contributed by atoms with E-state index in [0.717, 1.165) is 16.9 Å². The highest BCUT2D eigenvalue weighted by molar-refractivity contribution is 8.15. The Morgan fingerprint density at radius 1 is 1.19 bits per heavy atom. The summed E-state index contributed by atoms with van der Waals surface area (Å²) in [5.41, 5.74) is 1.89. The van der Waals surface area contributed by atoms with Crippen molar-refractivity contribution in [3.8, 4) is 5.75 Å². The first-order chi connectivity index (χ1) is 12.6. The van der Waals surface area contributed by atoms with Crippen LogP contribution in [-0.2, 0) is 11.3 Å². The van der Waals surface area contributed by atoms with Crippen molar-refractivity contribution in [2.45, 2.75) is 18.7 Å². The Labute approximate surface area is 161 Å². The third kappa shape index (κ3) is 4.45. The number of ether oxygens (including phenoxy) is 1. The number of nitrogens with zero attached hydrogens (tertiary/aromatic N) is 3. The van der Waals surface area contributed by atoms with Gasteiger partial charge in [0.2, 0.25) is 5.91 Å². The summed E-state index contributed by atoms with van der Waals surface area (Å²) >= 11 is 7.28. The van der Waals surface area contributed by atoms with Crippen LogP contribution < -0.4 is 4.74 Å². The zero-order valence-corrected chi connectivity index (χ0v) is 16.0. The van der Waals surface area contributed by atoms with Crippen molar-refractivity contribution in [2.24, 2.45) is 10.2 Å². The molecule has 1 atom stereocenters. The van der Waals surface area contributed by atoms with E-state index < -0.39 is 0 Å². The van der Waals surface area contributed by atoms with Crippen LogP contribution in [0.1, 0.15) is 18.1 Å². The average molecular weight is 388 g/mol. The van der Waals surface area contributed by atoms with Crippen molar-refractivity contribution in [1.82, 2.24) is 4.90 Å². The van der Waals surface area contributed by atoms with Crippen molar-refractivity contribution in [2.75, 3.05) is 7.11 Å². The predicted molar refractivity (Wildman–Crippen MR) is 107 cm³/mol.